The molecule has 3 amide bonds. The molecule has 7 atom stereocenters. The van der Waals surface area contributed by atoms with Crippen molar-refractivity contribution in [3.8, 4) is 0 Å². The van der Waals surface area contributed by atoms with Gasteiger partial charge >= 0.3 is 0 Å². The zero-order chi connectivity index (χ0) is 28.3. The Morgan fingerprint density at radius 2 is 1.92 bits per heavy atom. The summed E-state index contributed by atoms with van der Waals surface area (Å²) in [5.41, 5.74) is -0.181. The second-order valence-electron chi connectivity index (χ2n) is 10.8. The lowest BCUT2D eigenvalue weighted by atomic mass is 9.70. The van der Waals surface area contributed by atoms with E-state index in [0.717, 1.165) is 18.4 Å². The number of carbonyl (C=O) groups is 3. The van der Waals surface area contributed by atoms with Crippen molar-refractivity contribution in [2.45, 2.75) is 68.3 Å². The second-order valence-corrected chi connectivity index (χ2v) is 12.0. The van der Waals surface area contributed by atoms with Crippen molar-refractivity contribution in [3.05, 3.63) is 61.2 Å². The van der Waals surface area contributed by atoms with Crippen LogP contribution in [0.1, 0.15) is 38.7 Å². The highest BCUT2D eigenvalue weighted by Gasteiger charge is 2.76. The lowest BCUT2D eigenvalue weighted by Gasteiger charge is -2.39. The molecule has 3 saturated heterocycles. The standard InChI is InChI=1S/C30H40BrN3O5/c1-5-11-20(4)33(15-7-3)29(38)26-30-18-22(31)25(39-30)23(24(30)28(37)34(26)16-17-35)27(36)32(14-6-2)19-21-12-9-8-10-13-21/h6-10,12-13,20,22-26,35H,2-3,5,11,14-19H2,1,4H3/t20?,22?,23-,24-,25-,26?,30?/m0/s1. The Bertz CT molecular complexity index is 1080. The SMILES string of the molecule is C=CCN(Cc1ccccc1)C(=O)[C@H]1[C@H]2C(=O)N(CCO)C(C(=O)N(CC=C)C(C)CCC)C23CC(Br)[C@@H]1O3. The minimum absolute atomic E-state index is 0.000144. The van der Waals surface area contributed by atoms with E-state index in [-0.39, 0.29) is 41.7 Å². The number of benzene rings is 1. The normalized spacial score (nSPS) is 29.7. The smallest absolute Gasteiger partial charge is 0.248 e. The first-order valence-corrected chi connectivity index (χ1v) is 14.7. The Morgan fingerprint density at radius 3 is 2.54 bits per heavy atom. The van der Waals surface area contributed by atoms with Crippen LogP contribution in [0, 0.1) is 11.8 Å². The molecule has 3 fully saturated rings. The first kappa shape index (κ1) is 29.5. The molecule has 1 N–H and O–H groups in total. The van der Waals surface area contributed by atoms with Crippen LogP contribution in [0.15, 0.2) is 55.6 Å². The van der Waals surface area contributed by atoms with Gasteiger partial charge in [-0.15, -0.1) is 13.2 Å². The Morgan fingerprint density at radius 1 is 1.23 bits per heavy atom. The van der Waals surface area contributed by atoms with Crippen molar-refractivity contribution >= 4 is 33.7 Å². The molecular formula is C30H40BrN3O5. The minimum atomic E-state index is -1.15. The molecule has 3 heterocycles. The molecule has 0 saturated carbocycles. The van der Waals surface area contributed by atoms with Crippen LogP contribution >= 0.6 is 15.9 Å². The summed E-state index contributed by atoms with van der Waals surface area (Å²) in [6.45, 7) is 12.5. The van der Waals surface area contributed by atoms with Gasteiger partial charge in [0.2, 0.25) is 17.7 Å². The van der Waals surface area contributed by atoms with Crippen LogP contribution in [-0.2, 0) is 25.7 Å². The van der Waals surface area contributed by atoms with E-state index in [1.807, 2.05) is 37.3 Å². The minimum Gasteiger partial charge on any atom is -0.395 e. The number of alkyl halides is 1. The van der Waals surface area contributed by atoms with Gasteiger partial charge in [0.25, 0.3) is 0 Å². The van der Waals surface area contributed by atoms with Gasteiger partial charge in [-0.3, -0.25) is 14.4 Å². The van der Waals surface area contributed by atoms with E-state index < -0.39 is 29.6 Å². The van der Waals surface area contributed by atoms with Crippen molar-refractivity contribution in [1.29, 1.82) is 0 Å². The lowest BCUT2D eigenvalue weighted by Crippen LogP contribution is -2.58. The van der Waals surface area contributed by atoms with Crippen molar-refractivity contribution in [1.82, 2.24) is 14.7 Å². The Hall–Kier alpha value is -2.49. The summed E-state index contributed by atoms with van der Waals surface area (Å²) in [6, 6.07) is 8.70. The number of nitrogens with zero attached hydrogens (tertiary/aromatic N) is 3. The summed E-state index contributed by atoms with van der Waals surface area (Å²) < 4.78 is 6.62. The van der Waals surface area contributed by atoms with Gasteiger partial charge < -0.3 is 24.5 Å². The Balaban J connectivity index is 1.72. The van der Waals surface area contributed by atoms with Gasteiger partial charge in [-0.2, -0.15) is 0 Å². The van der Waals surface area contributed by atoms with E-state index in [1.165, 1.54) is 4.90 Å². The van der Waals surface area contributed by atoms with E-state index in [9.17, 15) is 19.5 Å². The molecule has 1 aromatic rings. The maximum Gasteiger partial charge on any atom is 0.248 e. The van der Waals surface area contributed by atoms with Crippen molar-refractivity contribution in [2.75, 3.05) is 26.2 Å². The molecule has 2 bridgehead atoms. The van der Waals surface area contributed by atoms with Crippen LogP contribution in [0.5, 0.6) is 0 Å². The number of carbonyl (C=O) groups excluding carboxylic acids is 3. The number of halogens is 1. The summed E-state index contributed by atoms with van der Waals surface area (Å²) >= 11 is 3.73. The highest BCUT2D eigenvalue weighted by Crippen LogP contribution is 2.60. The van der Waals surface area contributed by atoms with E-state index in [1.54, 1.807) is 22.0 Å². The first-order chi connectivity index (χ1) is 18.7. The van der Waals surface area contributed by atoms with E-state index >= 15 is 0 Å². The predicted octanol–water partition coefficient (Wildman–Crippen LogP) is 3.14. The molecule has 1 aromatic carbocycles. The summed E-state index contributed by atoms with van der Waals surface area (Å²) in [6.07, 6.45) is 4.97. The maximum absolute atomic E-state index is 14.3. The Kier molecular flexibility index (Phi) is 9.34. The molecule has 39 heavy (non-hydrogen) atoms. The summed E-state index contributed by atoms with van der Waals surface area (Å²) in [5, 5.41) is 9.89. The summed E-state index contributed by atoms with van der Waals surface area (Å²) in [5.74, 6) is -2.27. The molecule has 3 aliphatic rings. The van der Waals surface area contributed by atoms with Crippen LogP contribution in [0.2, 0.25) is 0 Å². The van der Waals surface area contributed by atoms with Crippen LogP contribution in [0.4, 0.5) is 0 Å². The fourth-order valence-corrected chi connectivity index (χ4v) is 7.74. The molecule has 4 unspecified atom stereocenters. The zero-order valence-corrected chi connectivity index (χ0v) is 24.5. The zero-order valence-electron chi connectivity index (χ0n) is 22.9. The van der Waals surface area contributed by atoms with Gasteiger partial charge in [-0.1, -0.05) is 71.8 Å². The molecule has 212 valence electrons. The van der Waals surface area contributed by atoms with E-state index in [0.29, 0.717) is 26.1 Å². The summed E-state index contributed by atoms with van der Waals surface area (Å²) in [7, 11) is 0. The average Bonchev–Trinajstić information content (AvgIpc) is 3.50. The number of rotatable bonds is 13. The molecule has 0 radical (unpaired) electrons. The fraction of sp³-hybridized carbons (Fsp3) is 0.567. The average molecular weight is 603 g/mol. The van der Waals surface area contributed by atoms with Gasteiger partial charge in [0.15, 0.2) is 0 Å². The van der Waals surface area contributed by atoms with E-state index in [4.69, 9.17) is 4.74 Å². The largest absolute Gasteiger partial charge is 0.395 e. The van der Waals surface area contributed by atoms with Crippen LogP contribution in [0.25, 0.3) is 0 Å². The molecule has 3 aliphatic heterocycles. The quantitative estimate of drug-likeness (QED) is 0.277. The summed E-state index contributed by atoms with van der Waals surface area (Å²) in [4.78, 5) is 47.2. The second kappa shape index (κ2) is 12.4. The third-order valence-corrected chi connectivity index (χ3v) is 9.22. The highest BCUT2D eigenvalue weighted by atomic mass is 79.9. The molecule has 8 nitrogen and oxygen atoms in total. The predicted molar refractivity (Wildman–Crippen MR) is 153 cm³/mol. The van der Waals surface area contributed by atoms with Crippen molar-refractivity contribution in [2.24, 2.45) is 11.8 Å². The molecule has 9 heteroatoms. The van der Waals surface area contributed by atoms with Gasteiger partial charge in [-0.05, 0) is 25.3 Å². The molecule has 4 rings (SSSR count). The number of likely N-dealkylation sites (tertiary alicyclic amines) is 1. The van der Waals surface area contributed by atoms with Crippen LogP contribution < -0.4 is 0 Å². The van der Waals surface area contributed by atoms with E-state index in [2.05, 4.69) is 36.0 Å². The number of amides is 3. The number of aliphatic hydroxyl groups excluding tert-OH is 1. The third-order valence-electron chi connectivity index (χ3n) is 8.37. The molecule has 0 aliphatic carbocycles. The van der Waals surface area contributed by atoms with Gasteiger partial charge in [0, 0.05) is 37.0 Å². The highest BCUT2D eigenvalue weighted by molar-refractivity contribution is 9.09. The number of β-amino-alcohol motifs (C(OH)–C–C–N with tert-alkyl or cyclic N) is 1. The monoisotopic (exact) mass is 601 g/mol. The fourth-order valence-electron chi connectivity index (χ4n) is 6.80. The van der Waals surface area contributed by atoms with Gasteiger partial charge in [0.05, 0.1) is 24.5 Å². The Labute approximate surface area is 239 Å². The third kappa shape index (κ3) is 5.21. The van der Waals surface area contributed by atoms with Crippen molar-refractivity contribution < 1.29 is 24.2 Å². The first-order valence-electron chi connectivity index (χ1n) is 13.8. The number of ether oxygens (including phenoxy) is 1. The number of fused-ring (bicyclic) bond motifs is 1. The van der Waals surface area contributed by atoms with Crippen LogP contribution in [0.3, 0.4) is 0 Å². The number of hydrogen-bond donors (Lipinski definition) is 1. The van der Waals surface area contributed by atoms with Gasteiger partial charge in [0.1, 0.15) is 11.6 Å². The van der Waals surface area contributed by atoms with Crippen LogP contribution in [-0.4, -0.2) is 92.4 Å². The van der Waals surface area contributed by atoms with Gasteiger partial charge in [-0.25, -0.2) is 0 Å². The topological polar surface area (TPSA) is 90.4 Å². The van der Waals surface area contributed by atoms with Crippen molar-refractivity contribution in [3.63, 3.8) is 0 Å². The number of hydrogen-bond acceptors (Lipinski definition) is 5. The lowest BCUT2D eigenvalue weighted by molar-refractivity contribution is -0.150. The maximum atomic E-state index is 14.3. The molecule has 1 spiro atoms. The molecular weight excluding hydrogens is 562 g/mol. The molecule has 0 aromatic heterocycles. The number of aliphatic hydroxyl groups is 1.